The third-order valence-electron chi connectivity index (χ3n) is 5.51. The Bertz CT molecular complexity index is 1030. The molecule has 0 bridgehead atoms. The number of imidazole rings is 1. The zero-order valence-electron chi connectivity index (χ0n) is 17.8. The maximum atomic E-state index is 6.47. The number of rotatable bonds is 9. The van der Waals surface area contributed by atoms with Crippen molar-refractivity contribution in [2.75, 3.05) is 6.61 Å². The second-order valence-electron chi connectivity index (χ2n) is 7.88. The summed E-state index contributed by atoms with van der Waals surface area (Å²) in [4.78, 5) is 4.12. The van der Waals surface area contributed by atoms with Crippen LogP contribution < -0.4 is 0 Å². The van der Waals surface area contributed by atoms with Crippen molar-refractivity contribution in [2.24, 2.45) is 0 Å². The summed E-state index contributed by atoms with van der Waals surface area (Å²) in [6, 6.07) is 10.8. The van der Waals surface area contributed by atoms with Crippen molar-refractivity contribution >= 4 is 46.4 Å². The van der Waals surface area contributed by atoms with Crippen LogP contribution in [0.15, 0.2) is 55.1 Å². The van der Waals surface area contributed by atoms with Gasteiger partial charge in [0.1, 0.15) is 6.10 Å². The Hall–Kier alpha value is -1.31. The van der Waals surface area contributed by atoms with E-state index in [0.29, 0.717) is 39.8 Å². The molecule has 2 aromatic carbocycles. The van der Waals surface area contributed by atoms with Crippen LogP contribution in [-0.4, -0.2) is 28.6 Å². The summed E-state index contributed by atoms with van der Waals surface area (Å²) in [7, 11) is 0. The molecule has 1 aliphatic heterocycles. The maximum Gasteiger partial charge on any atom is 0.158 e. The van der Waals surface area contributed by atoms with Crippen LogP contribution in [0.1, 0.15) is 36.5 Å². The van der Waals surface area contributed by atoms with Crippen molar-refractivity contribution in [3.63, 3.8) is 0 Å². The first-order valence-corrected chi connectivity index (χ1v) is 12.2. The summed E-state index contributed by atoms with van der Waals surface area (Å²) in [5, 5.41) is 2.31. The second kappa shape index (κ2) is 11.9. The monoisotopic (exact) mass is 528 g/mol. The van der Waals surface area contributed by atoms with E-state index in [0.717, 1.165) is 30.4 Å². The Labute approximate surface area is 213 Å². The number of hydrogen-bond donors (Lipinski definition) is 0. The lowest BCUT2D eigenvalue weighted by Crippen LogP contribution is -2.33. The molecule has 176 valence electrons. The molecule has 0 spiro atoms. The topological polar surface area (TPSA) is 45.5 Å². The van der Waals surface area contributed by atoms with Crippen LogP contribution in [0, 0.1) is 0 Å². The van der Waals surface area contributed by atoms with Crippen LogP contribution in [0.5, 0.6) is 0 Å². The fourth-order valence-corrected chi connectivity index (χ4v) is 4.80. The number of nitrogens with zero attached hydrogens (tertiary/aromatic N) is 2. The third kappa shape index (κ3) is 6.86. The van der Waals surface area contributed by atoms with Crippen LogP contribution in [0.25, 0.3) is 0 Å². The first-order valence-electron chi connectivity index (χ1n) is 10.7. The van der Waals surface area contributed by atoms with Crippen molar-refractivity contribution in [2.45, 2.75) is 50.9 Å². The lowest BCUT2D eigenvalue weighted by Gasteiger charge is -2.31. The molecule has 3 aromatic rings. The zero-order valence-corrected chi connectivity index (χ0v) is 20.8. The molecule has 0 aliphatic carbocycles. The van der Waals surface area contributed by atoms with Gasteiger partial charge in [-0.25, -0.2) is 4.98 Å². The average Bonchev–Trinajstić information content (AvgIpc) is 3.30. The molecule has 9 heteroatoms. The largest absolute Gasteiger partial charge is 0.369 e. The molecule has 33 heavy (non-hydrogen) atoms. The molecule has 0 radical (unpaired) electrons. The highest BCUT2D eigenvalue weighted by Gasteiger charge is 2.26. The van der Waals surface area contributed by atoms with Crippen LogP contribution in [0.2, 0.25) is 20.1 Å². The van der Waals surface area contributed by atoms with E-state index >= 15 is 0 Å². The van der Waals surface area contributed by atoms with Crippen molar-refractivity contribution in [1.82, 2.24) is 9.55 Å². The van der Waals surface area contributed by atoms with Gasteiger partial charge in [-0.3, -0.25) is 0 Å². The fourth-order valence-electron chi connectivity index (χ4n) is 3.77. The molecule has 3 atom stereocenters. The van der Waals surface area contributed by atoms with Gasteiger partial charge < -0.3 is 18.8 Å². The molecule has 4 rings (SSSR count). The highest BCUT2D eigenvalue weighted by atomic mass is 35.5. The summed E-state index contributed by atoms with van der Waals surface area (Å²) in [5.41, 5.74) is 1.63. The molecule has 1 aliphatic rings. The molecule has 0 saturated carbocycles. The van der Waals surface area contributed by atoms with Crippen molar-refractivity contribution in [3.8, 4) is 0 Å². The van der Waals surface area contributed by atoms with Gasteiger partial charge in [0.05, 0.1) is 32.2 Å². The lowest BCUT2D eigenvalue weighted by molar-refractivity contribution is -0.213. The molecular formula is C24H24Cl4N2O3. The van der Waals surface area contributed by atoms with Gasteiger partial charge >= 0.3 is 0 Å². The van der Waals surface area contributed by atoms with E-state index in [4.69, 9.17) is 60.6 Å². The average molecular weight is 530 g/mol. The molecule has 0 N–H and O–H groups in total. The van der Waals surface area contributed by atoms with Crippen molar-refractivity contribution in [1.29, 1.82) is 0 Å². The fraction of sp³-hybridized carbons (Fsp3) is 0.375. The zero-order chi connectivity index (χ0) is 23.2. The molecule has 1 fully saturated rings. The normalized spacial score (nSPS) is 19.5. The number of benzene rings is 2. The summed E-state index contributed by atoms with van der Waals surface area (Å²) >= 11 is 25.1. The predicted octanol–water partition coefficient (Wildman–Crippen LogP) is 7.37. The predicted molar refractivity (Wildman–Crippen MR) is 131 cm³/mol. The lowest BCUT2D eigenvalue weighted by atomic mass is 10.1. The Balaban J connectivity index is 1.37. The van der Waals surface area contributed by atoms with E-state index in [-0.39, 0.29) is 18.5 Å². The molecular weight excluding hydrogens is 506 g/mol. The van der Waals surface area contributed by atoms with E-state index in [9.17, 15) is 0 Å². The van der Waals surface area contributed by atoms with Gasteiger partial charge in [0.2, 0.25) is 0 Å². The smallest absolute Gasteiger partial charge is 0.158 e. The van der Waals surface area contributed by atoms with Gasteiger partial charge in [0.25, 0.3) is 0 Å². The summed E-state index contributed by atoms with van der Waals surface area (Å²) in [5.74, 6) is 0. The quantitative estimate of drug-likeness (QED) is 0.290. The van der Waals surface area contributed by atoms with Gasteiger partial charge in [-0.1, -0.05) is 58.5 Å². The number of ether oxygens (including phenoxy) is 3. The van der Waals surface area contributed by atoms with Crippen LogP contribution >= 0.6 is 46.4 Å². The summed E-state index contributed by atoms with van der Waals surface area (Å²) < 4.78 is 20.4. The first-order chi connectivity index (χ1) is 16.0. The van der Waals surface area contributed by atoms with Crippen LogP contribution in [0.3, 0.4) is 0 Å². The number of halogens is 4. The van der Waals surface area contributed by atoms with Gasteiger partial charge in [-0.2, -0.15) is 0 Å². The van der Waals surface area contributed by atoms with E-state index in [1.165, 1.54) is 0 Å². The molecule has 1 saturated heterocycles. The summed E-state index contributed by atoms with van der Waals surface area (Å²) in [6.45, 7) is 1.27. The standard InChI is InChI=1S/C24H24Cl4N2O3/c25-16-7-8-18(22(28)11-16)23(12-30-10-9-29-15-30)31-13-17-3-1-6-24(33-17)32-14-19-20(26)4-2-5-21(19)27/h2,4-5,7-11,15,17,23-24H,1,3,6,12-14H2. The minimum absolute atomic E-state index is 0.0955. The van der Waals surface area contributed by atoms with Gasteiger partial charge in [0, 0.05) is 43.6 Å². The van der Waals surface area contributed by atoms with Gasteiger partial charge in [-0.15, -0.1) is 0 Å². The minimum Gasteiger partial charge on any atom is -0.369 e. The van der Waals surface area contributed by atoms with Crippen molar-refractivity contribution < 1.29 is 14.2 Å². The van der Waals surface area contributed by atoms with Gasteiger partial charge in [-0.05, 0) is 43.5 Å². The first kappa shape index (κ1) is 24.8. The Morgan fingerprint density at radius 3 is 2.61 bits per heavy atom. The van der Waals surface area contributed by atoms with E-state index in [2.05, 4.69) is 4.98 Å². The van der Waals surface area contributed by atoms with E-state index < -0.39 is 0 Å². The van der Waals surface area contributed by atoms with Crippen LogP contribution in [0.4, 0.5) is 0 Å². The molecule has 5 nitrogen and oxygen atoms in total. The maximum absolute atomic E-state index is 6.47. The molecule has 2 heterocycles. The molecule has 3 unspecified atom stereocenters. The van der Waals surface area contributed by atoms with E-state index in [1.54, 1.807) is 30.7 Å². The minimum atomic E-state index is -0.342. The Morgan fingerprint density at radius 2 is 1.88 bits per heavy atom. The van der Waals surface area contributed by atoms with E-state index in [1.807, 2.05) is 29.0 Å². The highest BCUT2D eigenvalue weighted by molar-refractivity contribution is 6.36. The molecule has 0 amide bonds. The SMILES string of the molecule is Clc1ccc(C(Cn2ccnc2)OCC2CCCC(OCc3c(Cl)cccc3Cl)O2)c(Cl)c1. The highest BCUT2D eigenvalue weighted by Crippen LogP contribution is 2.31. The second-order valence-corrected chi connectivity index (χ2v) is 9.54. The third-order valence-corrected chi connectivity index (χ3v) is 6.78. The number of hydrogen-bond acceptors (Lipinski definition) is 4. The Morgan fingerprint density at radius 1 is 1.06 bits per heavy atom. The molecule has 1 aromatic heterocycles. The van der Waals surface area contributed by atoms with Crippen molar-refractivity contribution in [3.05, 3.63) is 86.3 Å². The Kier molecular flexibility index (Phi) is 8.94. The summed E-state index contributed by atoms with van der Waals surface area (Å²) in [6.07, 6.45) is 7.32. The van der Waals surface area contributed by atoms with Crippen LogP contribution in [-0.2, 0) is 27.4 Å². The number of aromatic nitrogens is 2. The van der Waals surface area contributed by atoms with Gasteiger partial charge in [0.15, 0.2) is 6.29 Å².